The van der Waals surface area contributed by atoms with E-state index in [9.17, 15) is 14.4 Å². The summed E-state index contributed by atoms with van der Waals surface area (Å²) in [7, 11) is 0. The summed E-state index contributed by atoms with van der Waals surface area (Å²) in [5.74, 6) is -2.12. The lowest BCUT2D eigenvalue weighted by Gasteiger charge is -2.15. The number of anilines is 1. The van der Waals surface area contributed by atoms with Crippen molar-refractivity contribution in [2.45, 2.75) is 32.9 Å². The van der Waals surface area contributed by atoms with Crippen LogP contribution >= 0.6 is 0 Å². The van der Waals surface area contributed by atoms with Crippen LogP contribution < -0.4 is 16.0 Å². The first-order valence-corrected chi connectivity index (χ1v) is 9.10. The van der Waals surface area contributed by atoms with Crippen LogP contribution in [0, 0.1) is 6.92 Å². The first-order chi connectivity index (χ1) is 13.5. The van der Waals surface area contributed by atoms with Gasteiger partial charge in [0.2, 0.25) is 0 Å². The first-order valence-electron chi connectivity index (χ1n) is 9.10. The van der Waals surface area contributed by atoms with Crippen LogP contribution in [-0.4, -0.2) is 35.5 Å². The molecule has 0 spiro atoms. The van der Waals surface area contributed by atoms with Crippen molar-refractivity contribution in [2.24, 2.45) is 0 Å². The van der Waals surface area contributed by atoms with Crippen molar-refractivity contribution >= 4 is 23.4 Å². The van der Waals surface area contributed by atoms with Crippen LogP contribution in [0.4, 0.5) is 5.69 Å². The number of amides is 3. The Morgan fingerprint density at radius 1 is 1.00 bits per heavy atom. The van der Waals surface area contributed by atoms with Gasteiger partial charge in [-0.2, -0.15) is 0 Å². The molecule has 0 aliphatic rings. The average molecular weight is 383 g/mol. The van der Waals surface area contributed by atoms with Gasteiger partial charge in [0.25, 0.3) is 5.91 Å². The van der Waals surface area contributed by atoms with E-state index >= 15 is 0 Å². The highest BCUT2D eigenvalue weighted by atomic mass is 16.3. The number of aryl methyl sites for hydroxylation is 1. The molecule has 148 valence electrons. The SMILES string of the molecule is CC[C@@H](CO)NC(=O)C(=O)Nc1ccccc1C(=O)NCc1ccccc1C. The first kappa shape index (κ1) is 21.1. The number of aliphatic hydroxyl groups is 1. The molecule has 0 unspecified atom stereocenters. The molecule has 28 heavy (non-hydrogen) atoms. The zero-order valence-electron chi connectivity index (χ0n) is 16.0. The fourth-order valence-electron chi connectivity index (χ4n) is 2.58. The number of carbonyl (C=O) groups is 3. The number of benzene rings is 2. The second-order valence-electron chi connectivity index (χ2n) is 6.37. The summed E-state index contributed by atoms with van der Waals surface area (Å²) in [5.41, 5.74) is 2.55. The van der Waals surface area contributed by atoms with Gasteiger partial charge in [0.1, 0.15) is 0 Å². The van der Waals surface area contributed by atoms with E-state index < -0.39 is 17.9 Å². The second kappa shape index (κ2) is 10.2. The van der Waals surface area contributed by atoms with E-state index in [0.29, 0.717) is 13.0 Å². The molecule has 2 aromatic carbocycles. The van der Waals surface area contributed by atoms with Gasteiger partial charge >= 0.3 is 11.8 Å². The molecule has 1 atom stereocenters. The van der Waals surface area contributed by atoms with Gasteiger partial charge in [0.05, 0.1) is 23.9 Å². The number of nitrogens with one attached hydrogen (secondary N) is 3. The summed E-state index contributed by atoms with van der Waals surface area (Å²) in [5, 5.41) is 16.9. The molecule has 0 aromatic heterocycles. The highest BCUT2D eigenvalue weighted by molar-refractivity contribution is 6.40. The van der Waals surface area contributed by atoms with Crippen molar-refractivity contribution < 1.29 is 19.5 Å². The lowest BCUT2D eigenvalue weighted by Crippen LogP contribution is -2.43. The van der Waals surface area contributed by atoms with E-state index in [1.54, 1.807) is 31.2 Å². The Labute approximate surface area is 164 Å². The standard InChI is InChI=1S/C21H25N3O4/c1-3-16(13-25)23-20(27)21(28)24-18-11-7-6-10-17(18)19(26)22-12-15-9-5-4-8-14(15)2/h4-11,16,25H,3,12-13H2,1-2H3,(H,22,26)(H,23,27)(H,24,28)/t16-/m0/s1. The van der Waals surface area contributed by atoms with Crippen LogP contribution in [-0.2, 0) is 16.1 Å². The Bertz CT molecular complexity index is 847. The zero-order chi connectivity index (χ0) is 20.5. The van der Waals surface area contributed by atoms with Crippen molar-refractivity contribution in [1.29, 1.82) is 0 Å². The molecular formula is C21H25N3O4. The summed E-state index contributed by atoms with van der Waals surface area (Å²) < 4.78 is 0. The molecule has 7 heteroatoms. The van der Waals surface area contributed by atoms with E-state index in [2.05, 4.69) is 16.0 Å². The molecule has 3 amide bonds. The van der Waals surface area contributed by atoms with Crippen molar-refractivity contribution in [3.63, 3.8) is 0 Å². The van der Waals surface area contributed by atoms with E-state index in [-0.39, 0.29) is 23.8 Å². The van der Waals surface area contributed by atoms with Gasteiger partial charge in [-0.15, -0.1) is 0 Å². The van der Waals surface area contributed by atoms with Gasteiger partial charge in [-0.1, -0.05) is 43.3 Å². The van der Waals surface area contributed by atoms with Crippen molar-refractivity contribution in [2.75, 3.05) is 11.9 Å². The Morgan fingerprint density at radius 2 is 1.68 bits per heavy atom. The van der Waals surface area contributed by atoms with Crippen LogP contribution in [0.1, 0.15) is 34.8 Å². The van der Waals surface area contributed by atoms with Gasteiger partial charge in [0.15, 0.2) is 0 Å². The summed E-state index contributed by atoms with van der Waals surface area (Å²) in [6.07, 6.45) is 0.493. The molecule has 0 heterocycles. The maximum atomic E-state index is 12.6. The lowest BCUT2D eigenvalue weighted by molar-refractivity contribution is -0.136. The Kier molecular flexibility index (Phi) is 7.71. The molecule has 2 aromatic rings. The predicted octanol–water partition coefficient (Wildman–Crippen LogP) is 1.75. The van der Waals surface area contributed by atoms with Crippen LogP contribution in [0.3, 0.4) is 0 Å². The topological polar surface area (TPSA) is 108 Å². The van der Waals surface area contributed by atoms with Crippen molar-refractivity contribution in [3.05, 3.63) is 65.2 Å². The van der Waals surface area contributed by atoms with Crippen LogP contribution in [0.2, 0.25) is 0 Å². The van der Waals surface area contributed by atoms with E-state index in [1.807, 2.05) is 31.2 Å². The van der Waals surface area contributed by atoms with Gasteiger partial charge in [-0.05, 0) is 36.6 Å². The van der Waals surface area contributed by atoms with Crippen LogP contribution in [0.5, 0.6) is 0 Å². The minimum atomic E-state index is -0.897. The second-order valence-corrected chi connectivity index (χ2v) is 6.37. The molecule has 0 radical (unpaired) electrons. The number of rotatable bonds is 7. The van der Waals surface area contributed by atoms with Crippen molar-refractivity contribution in [3.8, 4) is 0 Å². The molecule has 0 saturated carbocycles. The predicted molar refractivity (Wildman–Crippen MR) is 107 cm³/mol. The lowest BCUT2D eigenvalue weighted by atomic mass is 10.1. The van der Waals surface area contributed by atoms with E-state index in [1.165, 1.54) is 0 Å². The highest BCUT2D eigenvalue weighted by Gasteiger charge is 2.20. The fraction of sp³-hybridized carbons (Fsp3) is 0.286. The summed E-state index contributed by atoms with van der Waals surface area (Å²) >= 11 is 0. The van der Waals surface area contributed by atoms with Crippen LogP contribution in [0.25, 0.3) is 0 Å². The third-order valence-electron chi connectivity index (χ3n) is 4.38. The summed E-state index contributed by atoms with van der Waals surface area (Å²) in [6, 6.07) is 13.7. The number of hydrogen-bond acceptors (Lipinski definition) is 4. The van der Waals surface area contributed by atoms with Gasteiger partial charge in [-0.25, -0.2) is 0 Å². The number of carbonyl (C=O) groups excluding carboxylic acids is 3. The fourth-order valence-corrected chi connectivity index (χ4v) is 2.58. The molecule has 2 rings (SSSR count). The van der Waals surface area contributed by atoms with Gasteiger partial charge in [-0.3, -0.25) is 14.4 Å². The monoisotopic (exact) mass is 383 g/mol. The molecule has 7 nitrogen and oxygen atoms in total. The molecule has 0 saturated heterocycles. The third-order valence-corrected chi connectivity index (χ3v) is 4.38. The molecule has 0 bridgehead atoms. The van der Waals surface area contributed by atoms with E-state index in [0.717, 1.165) is 11.1 Å². The number of hydrogen-bond donors (Lipinski definition) is 4. The van der Waals surface area contributed by atoms with Crippen molar-refractivity contribution in [1.82, 2.24) is 10.6 Å². The number of para-hydroxylation sites is 1. The normalized spacial score (nSPS) is 11.4. The molecule has 0 fully saturated rings. The summed E-state index contributed by atoms with van der Waals surface area (Å²) in [4.78, 5) is 36.7. The quantitative estimate of drug-likeness (QED) is 0.546. The molecule has 0 aliphatic carbocycles. The number of aliphatic hydroxyl groups excluding tert-OH is 1. The molecular weight excluding hydrogens is 358 g/mol. The van der Waals surface area contributed by atoms with Gasteiger partial charge in [0, 0.05) is 6.54 Å². The van der Waals surface area contributed by atoms with Gasteiger partial charge < -0.3 is 21.1 Å². The third kappa shape index (κ3) is 5.65. The maximum Gasteiger partial charge on any atom is 0.313 e. The Balaban J connectivity index is 2.05. The zero-order valence-corrected chi connectivity index (χ0v) is 16.0. The maximum absolute atomic E-state index is 12.6. The minimum absolute atomic E-state index is 0.238. The average Bonchev–Trinajstić information content (AvgIpc) is 2.71. The largest absolute Gasteiger partial charge is 0.394 e. The smallest absolute Gasteiger partial charge is 0.313 e. The van der Waals surface area contributed by atoms with Crippen LogP contribution in [0.15, 0.2) is 48.5 Å². The Morgan fingerprint density at radius 3 is 2.36 bits per heavy atom. The molecule has 4 N–H and O–H groups in total. The minimum Gasteiger partial charge on any atom is -0.394 e. The highest BCUT2D eigenvalue weighted by Crippen LogP contribution is 2.15. The molecule has 0 aliphatic heterocycles. The van der Waals surface area contributed by atoms with E-state index in [4.69, 9.17) is 5.11 Å². The summed E-state index contributed by atoms with van der Waals surface area (Å²) in [6.45, 7) is 3.84. The Hall–Kier alpha value is -3.19.